The summed E-state index contributed by atoms with van der Waals surface area (Å²) in [6.07, 6.45) is 0. The van der Waals surface area contributed by atoms with Crippen LogP contribution in [0.15, 0.2) is 48.5 Å². The highest BCUT2D eigenvalue weighted by Gasteiger charge is 2.19. The summed E-state index contributed by atoms with van der Waals surface area (Å²) < 4.78 is 5.39. The lowest BCUT2D eigenvalue weighted by Gasteiger charge is -2.25. The Kier molecular flexibility index (Phi) is 6.78. The zero-order chi connectivity index (χ0) is 19.1. The van der Waals surface area contributed by atoms with Gasteiger partial charge < -0.3 is 15.0 Å². The lowest BCUT2D eigenvalue weighted by Crippen LogP contribution is -2.37. The Morgan fingerprint density at radius 2 is 1.73 bits per heavy atom. The number of benzene rings is 2. The fourth-order valence-corrected chi connectivity index (χ4v) is 2.73. The molecule has 1 N–H and O–H groups in total. The van der Waals surface area contributed by atoms with E-state index in [-0.39, 0.29) is 24.3 Å². The normalized spacial score (nSPS) is 10.5. The minimum atomic E-state index is -0.247. The fraction of sp³-hybridized carbons (Fsp3) is 0.333. The van der Waals surface area contributed by atoms with Crippen LogP contribution in [0.5, 0.6) is 5.75 Å². The number of carbonyl (C=O) groups is 2. The van der Waals surface area contributed by atoms with Crippen molar-refractivity contribution in [2.45, 2.75) is 33.6 Å². The minimum absolute atomic E-state index is 0.0354. The number of rotatable bonds is 7. The number of hydrogen-bond donors (Lipinski definition) is 1. The topological polar surface area (TPSA) is 58.6 Å². The number of para-hydroxylation sites is 1. The molecule has 0 saturated heterocycles. The van der Waals surface area contributed by atoms with Crippen LogP contribution >= 0.6 is 0 Å². The van der Waals surface area contributed by atoms with Crippen molar-refractivity contribution in [1.82, 2.24) is 0 Å². The summed E-state index contributed by atoms with van der Waals surface area (Å²) in [4.78, 5) is 26.1. The summed E-state index contributed by atoms with van der Waals surface area (Å²) >= 11 is 0. The SMILES string of the molecule is CCOc1ccc(NC(=O)CN(C(C)=O)c2ccccc2C(C)C)cc1. The summed E-state index contributed by atoms with van der Waals surface area (Å²) in [5, 5.41) is 2.83. The Balaban J connectivity index is 2.12. The fourth-order valence-electron chi connectivity index (χ4n) is 2.73. The summed E-state index contributed by atoms with van der Waals surface area (Å²) in [7, 11) is 0. The van der Waals surface area contributed by atoms with Crippen LogP contribution in [0.25, 0.3) is 0 Å². The van der Waals surface area contributed by atoms with Crippen LogP contribution in [0.4, 0.5) is 11.4 Å². The quantitative estimate of drug-likeness (QED) is 0.811. The number of hydrogen-bond acceptors (Lipinski definition) is 3. The van der Waals surface area contributed by atoms with Gasteiger partial charge in [0.25, 0.3) is 0 Å². The Morgan fingerprint density at radius 3 is 2.31 bits per heavy atom. The molecule has 5 nitrogen and oxygen atoms in total. The maximum Gasteiger partial charge on any atom is 0.244 e. The number of nitrogens with zero attached hydrogens (tertiary/aromatic N) is 1. The molecule has 0 unspecified atom stereocenters. The van der Waals surface area contributed by atoms with E-state index in [4.69, 9.17) is 4.74 Å². The van der Waals surface area contributed by atoms with Gasteiger partial charge in [0.2, 0.25) is 11.8 Å². The van der Waals surface area contributed by atoms with Crippen molar-refractivity contribution in [3.63, 3.8) is 0 Å². The molecule has 0 aliphatic heterocycles. The van der Waals surface area contributed by atoms with Crippen LogP contribution in [0.3, 0.4) is 0 Å². The van der Waals surface area contributed by atoms with Gasteiger partial charge in [-0.15, -0.1) is 0 Å². The minimum Gasteiger partial charge on any atom is -0.494 e. The Labute approximate surface area is 155 Å². The molecule has 2 aromatic rings. The molecule has 0 bridgehead atoms. The van der Waals surface area contributed by atoms with Gasteiger partial charge >= 0.3 is 0 Å². The second-order valence-corrected chi connectivity index (χ2v) is 6.32. The summed E-state index contributed by atoms with van der Waals surface area (Å²) in [6.45, 7) is 8.08. The van der Waals surface area contributed by atoms with Gasteiger partial charge in [-0.05, 0) is 48.7 Å². The van der Waals surface area contributed by atoms with E-state index in [0.29, 0.717) is 12.3 Å². The Bertz CT molecular complexity index is 754. The van der Waals surface area contributed by atoms with E-state index in [1.165, 1.54) is 11.8 Å². The van der Waals surface area contributed by atoms with Gasteiger partial charge in [0.1, 0.15) is 12.3 Å². The van der Waals surface area contributed by atoms with Crippen molar-refractivity contribution in [2.75, 3.05) is 23.4 Å². The number of nitrogens with one attached hydrogen (secondary N) is 1. The number of anilines is 2. The van der Waals surface area contributed by atoms with Crippen LogP contribution in [0.2, 0.25) is 0 Å². The lowest BCUT2D eigenvalue weighted by atomic mass is 10.0. The average molecular weight is 354 g/mol. The molecule has 0 saturated carbocycles. The Hall–Kier alpha value is -2.82. The summed E-state index contributed by atoms with van der Waals surface area (Å²) in [5.41, 5.74) is 2.48. The maximum atomic E-state index is 12.5. The van der Waals surface area contributed by atoms with Crippen LogP contribution in [0, 0.1) is 0 Å². The van der Waals surface area contributed by atoms with Gasteiger partial charge in [0, 0.05) is 18.3 Å². The van der Waals surface area contributed by atoms with E-state index in [0.717, 1.165) is 17.0 Å². The smallest absolute Gasteiger partial charge is 0.244 e. The van der Waals surface area contributed by atoms with Crippen LogP contribution in [-0.2, 0) is 9.59 Å². The highest BCUT2D eigenvalue weighted by Crippen LogP contribution is 2.27. The average Bonchev–Trinajstić information content (AvgIpc) is 2.61. The van der Waals surface area contributed by atoms with E-state index in [1.807, 2.05) is 31.2 Å². The molecule has 0 heterocycles. The zero-order valence-electron chi connectivity index (χ0n) is 15.8. The second kappa shape index (κ2) is 9.04. The molecule has 0 aliphatic carbocycles. The second-order valence-electron chi connectivity index (χ2n) is 6.32. The standard InChI is InChI=1S/C21H26N2O3/c1-5-26-18-12-10-17(11-13-18)22-21(25)14-23(16(4)24)20-9-7-6-8-19(20)15(2)3/h6-13,15H,5,14H2,1-4H3,(H,22,25). The van der Waals surface area contributed by atoms with E-state index >= 15 is 0 Å². The molecule has 138 valence electrons. The lowest BCUT2D eigenvalue weighted by molar-refractivity contribution is -0.120. The van der Waals surface area contributed by atoms with Crippen molar-refractivity contribution in [3.8, 4) is 5.75 Å². The highest BCUT2D eigenvalue weighted by atomic mass is 16.5. The molecule has 0 spiro atoms. The molecule has 26 heavy (non-hydrogen) atoms. The van der Waals surface area contributed by atoms with E-state index in [2.05, 4.69) is 19.2 Å². The van der Waals surface area contributed by atoms with E-state index < -0.39 is 0 Å². The molecular formula is C21H26N2O3. The molecule has 0 radical (unpaired) electrons. The van der Waals surface area contributed by atoms with Crippen molar-refractivity contribution in [2.24, 2.45) is 0 Å². The van der Waals surface area contributed by atoms with E-state index in [9.17, 15) is 9.59 Å². The van der Waals surface area contributed by atoms with Crippen LogP contribution in [-0.4, -0.2) is 25.0 Å². The zero-order valence-corrected chi connectivity index (χ0v) is 15.8. The predicted octanol–water partition coefficient (Wildman–Crippen LogP) is 4.20. The van der Waals surface area contributed by atoms with Crippen molar-refractivity contribution >= 4 is 23.2 Å². The molecule has 5 heteroatoms. The van der Waals surface area contributed by atoms with Gasteiger partial charge in [-0.1, -0.05) is 32.0 Å². The first-order chi connectivity index (χ1) is 12.4. The summed E-state index contributed by atoms with van der Waals surface area (Å²) in [5.74, 6) is 0.590. The first-order valence-electron chi connectivity index (χ1n) is 8.82. The summed E-state index contributed by atoms with van der Waals surface area (Å²) in [6, 6.07) is 14.8. The molecule has 0 atom stereocenters. The number of ether oxygens (including phenoxy) is 1. The van der Waals surface area contributed by atoms with Gasteiger partial charge in [0.15, 0.2) is 0 Å². The molecule has 2 rings (SSSR count). The molecule has 0 aromatic heterocycles. The van der Waals surface area contributed by atoms with Crippen molar-refractivity contribution in [3.05, 3.63) is 54.1 Å². The number of carbonyl (C=O) groups excluding carboxylic acids is 2. The van der Waals surface area contributed by atoms with Crippen molar-refractivity contribution < 1.29 is 14.3 Å². The molecule has 2 aromatic carbocycles. The number of amides is 2. The van der Waals surface area contributed by atoms with E-state index in [1.54, 1.807) is 24.3 Å². The van der Waals surface area contributed by atoms with Gasteiger partial charge in [-0.2, -0.15) is 0 Å². The van der Waals surface area contributed by atoms with Gasteiger partial charge in [-0.25, -0.2) is 0 Å². The molecule has 2 amide bonds. The first-order valence-corrected chi connectivity index (χ1v) is 8.82. The molecule has 0 aliphatic rings. The van der Waals surface area contributed by atoms with Crippen LogP contribution in [0.1, 0.15) is 39.2 Å². The van der Waals surface area contributed by atoms with Gasteiger partial charge in [-0.3, -0.25) is 9.59 Å². The van der Waals surface area contributed by atoms with Crippen LogP contribution < -0.4 is 15.0 Å². The van der Waals surface area contributed by atoms with Crippen molar-refractivity contribution in [1.29, 1.82) is 0 Å². The third-order valence-corrected chi connectivity index (χ3v) is 3.98. The molecular weight excluding hydrogens is 328 g/mol. The Morgan fingerprint density at radius 1 is 1.08 bits per heavy atom. The maximum absolute atomic E-state index is 12.5. The predicted molar refractivity (Wildman–Crippen MR) is 105 cm³/mol. The monoisotopic (exact) mass is 354 g/mol. The first kappa shape index (κ1) is 19.5. The van der Waals surface area contributed by atoms with Gasteiger partial charge in [0.05, 0.1) is 6.61 Å². The highest BCUT2D eigenvalue weighted by molar-refractivity contribution is 6.02. The third-order valence-electron chi connectivity index (χ3n) is 3.98. The third kappa shape index (κ3) is 5.09. The molecule has 0 fully saturated rings. The largest absolute Gasteiger partial charge is 0.494 e.